The van der Waals surface area contributed by atoms with Crippen molar-refractivity contribution in [2.24, 2.45) is 0 Å². The fourth-order valence-corrected chi connectivity index (χ4v) is 3.06. The molecule has 0 saturated carbocycles. The van der Waals surface area contributed by atoms with Crippen molar-refractivity contribution < 1.29 is 4.42 Å². The first-order valence-corrected chi connectivity index (χ1v) is 7.61. The molecule has 1 aromatic carbocycles. The minimum Gasteiger partial charge on any atom is -0.423 e. The Morgan fingerprint density at radius 3 is 2.95 bits per heavy atom. The van der Waals surface area contributed by atoms with Gasteiger partial charge in [-0.3, -0.25) is 0 Å². The largest absolute Gasteiger partial charge is 0.423 e. The molecule has 2 aromatic heterocycles. The summed E-state index contributed by atoms with van der Waals surface area (Å²) >= 11 is 1.74. The van der Waals surface area contributed by atoms with Crippen LogP contribution in [-0.4, -0.2) is 4.98 Å². The van der Waals surface area contributed by atoms with Gasteiger partial charge in [-0.1, -0.05) is 25.5 Å². The normalized spacial score (nSPS) is 12.7. The van der Waals surface area contributed by atoms with Crippen LogP contribution >= 0.6 is 11.3 Å². The fraction of sp³-hybridized carbons (Fsp3) is 0.267. The third kappa shape index (κ3) is 2.49. The number of thiophene rings is 1. The molecule has 20 heavy (non-hydrogen) atoms. The number of nitrogens with two attached hydrogens (primary N) is 1. The summed E-state index contributed by atoms with van der Waals surface area (Å²) in [6.07, 6.45) is 2.13. The zero-order chi connectivity index (χ0) is 13.9. The van der Waals surface area contributed by atoms with E-state index in [2.05, 4.69) is 34.7 Å². The SMILES string of the molecule is CCCC(Nc1nc2c(N)cccc2o1)c1cccs1. The van der Waals surface area contributed by atoms with Crippen LogP contribution in [0.5, 0.6) is 0 Å². The first-order valence-electron chi connectivity index (χ1n) is 6.73. The number of fused-ring (bicyclic) bond motifs is 1. The second-order valence-electron chi connectivity index (χ2n) is 4.71. The average molecular weight is 287 g/mol. The molecule has 3 rings (SSSR count). The molecule has 0 radical (unpaired) electrons. The van der Waals surface area contributed by atoms with Gasteiger partial charge < -0.3 is 15.5 Å². The summed E-state index contributed by atoms with van der Waals surface area (Å²) in [6, 6.07) is 10.5. The molecule has 1 atom stereocenters. The Balaban J connectivity index is 1.88. The monoisotopic (exact) mass is 287 g/mol. The van der Waals surface area contributed by atoms with Crippen LogP contribution in [-0.2, 0) is 0 Å². The third-order valence-electron chi connectivity index (χ3n) is 3.21. The number of nitrogen functional groups attached to an aromatic ring is 1. The maximum absolute atomic E-state index is 5.91. The Bertz CT molecular complexity index is 690. The third-order valence-corrected chi connectivity index (χ3v) is 4.20. The van der Waals surface area contributed by atoms with Crippen molar-refractivity contribution in [2.45, 2.75) is 25.8 Å². The number of para-hydroxylation sites is 1. The molecule has 2 heterocycles. The molecule has 4 nitrogen and oxygen atoms in total. The van der Waals surface area contributed by atoms with E-state index in [0.29, 0.717) is 17.3 Å². The Hall–Kier alpha value is -2.01. The van der Waals surface area contributed by atoms with Crippen LogP contribution in [0.3, 0.4) is 0 Å². The Morgan fingerprint density at radius 1 is 1.35 bits per heavy atom. The van der Waals surface area contributed by atoms with Crippen LogP contribution in [0.25, 0.3) is 11.1 Å². The zero-order valence-electron chi connectivity index (χ0n) is 11.3. The van der Waals surface area contributed by atoms with E-state index < -0.39 is 0 Å². The summed E-state index contributed by atoms with van der Waals surface area (Å²) in [5, 5.41) is 5.46. The van der Waals surface area contributed by atoms with E-state index in [1.807, 2.05) is 18.2 Å². The second-order valence-corrected chi connectivity index (χ2v) is 5.69. The Labute approximate surface area is 121 Å². The highest BCUT2D eigenvalue weighted by atomic mass is 32.1. The summed E-state index contributed by atoms with van der Waals surface area (Å²) in [7, 11) is 0. The van der Waals surface area contributed by atoms with Gasteiger partial charge in [0, 0.05) is 4.88 Å². The molecule has 0 aliphatic heterocycles. The van der Waals surface area contributed by atoms with Crippen molar-refractivity contribution in [1.82, 2.24) is 4.98 Å². The number of hydrogen-bond donors (Lipinski definition) is 2. The van der Waals surface area contributed by atoms with Gasteiger partial charge in [-0.25, -0.2) is 0 Å². The maximum atomic E-state index is 5.91. The van der Waals surface area contributed by atoms with Crippen molar-refractivity contribution >= 4 is 34.1 Å². The molecule has 5 heteroatoms. The minimum atomic E-state index is 0.231. The quantitative estimate of drug-likeness (QED) is 0.682. The van der Waals surface area contributed by atoms with Crippen molar-refractivity contribution in [2.75, 3.05) is 11.1 Å². The molecule has 0 amide bonds. The van der Waals surface area contributed by atoms with Crippen molar-refractivity contribution in [3.8, 4) is 0 Å². The minimum absolute atomic E-state index is 0.231. The van der Waals surface area contributed by atoms with E-state index in [4.69, 9.17) is 10.2 Å². The van der Waals surface area contributed by atoms with Crippen molar-refractivity contribution in [3.63, 3.8) is 0 Å². The lowest BCUT2D eigenvalue weighted by Crippen LogP contribution is -2.09. The van der Waals surface area contributed by atoms with E-state index in [-0.39, 0.29) is 6.04 Å². The smallest absolute Gasteiger partial charge is 0.296 e. The van der Waals surface area contributed by atoms with Gasteiger partial charge in [0.05, 0.1) is 11.7 Å². The van der Waals surface area contributed by atoms with Crippen molar-refractivity contribution in [3.05, 3.63) is 40.6 Å². The first kappa shape index (κ1) is 13.0. The van der Waals surface area contributed by atoms with Gasteiger partial charge in [-0.2, -0.15) is 4.98 Å². The van der Waals surface area contributed by atoms with Crippen LogP contribution in [0.4, 0.5) is 11.7 Å². The van der Waals surface area contributed by atoms with E-state index >= 15 is 0 Å². The highest BCUT2D eigenvalue weighted by Gasteiger charge is 2.15. The zero-order valence-corrected chi connectivity index (χ0v) is 12.1. The number of oxazole rings is 1. The second kappa shape index (κ2) is 5.54. The highest BCUT2D eigenvalue weighted by molar-refractivity contribution is 7.10. The summed E-state index contributed by atoms with van der Waals surface area (Å²) in [4.78, 5) is 5.74. The number of nitrogens with one attached hydrogen (secondary N) is 1. The predicted molar refractivity (Wildman–Crippen MR) is 84.0 cm³/mol. The molecular formula is C15H17N3OS. The molecule has 0 fully saturated rings. The molecule has 0 spiro atoms. The van der Waals surface area contributed by atoms with Gasteiger partial charge in [0.25, 0.3) is 6.01 Å². The van der Waals surface area contributed by atoms with Gasteiger partial charge in [0.2, 0.25) is 0 Å². The van der Waals surface area contributed by atoms with Gasteiger partial charge in [-0.15, -0.1) is 11.3 Å². The molecule has 0 bridgehead atoms. The number of rotatable bonds is 5. The van der Waals surface area contributed by atoms with E-state index in [0.717, 1.165) is 18.4 Å². The number of nitrogens with zero attached hydrogens (tertiary/aromatic N) is 1. The lowest BCUT2D eigenvalue weighted by Gasteiger charge is -2.14. The molecule has 0 aliphatic rings. The molecule has 0 saturated heterocycles. The van der Waals surface area contributed by atoms with Gasteiger partial charge in [-0.05, 0) is 30.0 Å². The topological polar surface area (TPSA) is 64.1 Å². The number of anilines is 2. The summed E-state index contributed by atoms with van der Waals surface area (Å²) in [6.45, 7) is 2.17. The fourth-order valence-electron chi connectivity index (χ4n) is 2.24. The maximum Gasteiger partial charge on any atom is 0.296 e. The van der Waals surface area contributed by atoms with Crippen LogP contribution in [0, 0.1) is 0 Å². The molecular weight excluding hydrogens is 270 g/mol. The molecule has 0 aliphatic carbocycles. The van der Waals surface area contributed by atoms with Crippen LogP contribution in [0.1, 0.15) is 30.7 Å². The molecule has 104 valence electrons. The number of benzene rings is 1. The van der Waals surface area contributed by atoms with Crippen LogP contribution in [0.15, 0.2) is 40.1 Å². The highest BCUT2D eigenvalue weighted by Crippen LogP contribution is 2.30. The number of hydrogen-bond acceptors (Lipinski definition) is 5. The van der Waals surface area contributed by atoms with E-state index in [1.54, 1.807) is 11.3 Å². The summed E-state index contributed by atoms with van der Waals surface area (Å²) < 4.78 is 5.73. The van der Waals surface area contributed by atoms with E-state index in [1.165, 1.54) is 4.88 Å². The Kier molecular flexibility index (Phi) is 3.60. The summed E-state index contributed by atoms with van der Waals surface area (Å²) in [5.41, 5.74) is 7.98. The molecule has 3 N–H and O–H groups in total. The lowest BCUT2D eigenvalue weighted by molar-refractivity contribution is 0.585. The number of aromatic nitrogens is 1. The van der Waals surface area contributed by atoms with Crippen LogP contribution < -0.4 is 11.1 Å². The molecule has 3 aromatic rings. The lowest BCUT2D eigenvalue weighted by atomic mass is 10.1. The average Bonchev–Trinajstić information content (AvgIpc) is 3.07. The standard InChI is InChI=1S/C15H17N3OS/c1-2-5-11(13-8-4-9-20-13)17-15-18-14-10(16)6-3-7-12(14)19-15/h3-4,6-9,11H,2,5,16H2,1H3,(H,17,18). The van der Waals surface area contributed by atoms with E-state index in [9.17, 15) is 0 Å². The van der Waals surface area contributed by atoms with Crippen LogP contribution in [0.2, 0.25) is 0 Å². The predicted octanol–water partition coefficient (Wildman–Crippen LogP) is 4.42. The first-order chi connectivity index (χ1) is 9.78. The van der Waals surface area contributed by atoms with Gasteiger partial charge >= 0.3 is 0 Å². The Morgan fingerprint density at radius 2 is 2.25 bits per heavy atom. The summed E-state index contributed by atoms with van der Waals surface area (Å²) in [5.74, 6) is 0. The van der Waals surface area contributed by atoms with Gasteiger partial charge in [0.15, 0.2) is 5.58 Å². The molecule has 1 unspecified atom stereocenters. The van der Waals surface area contributed by atoms with Crippen molar-refractivity contribution in [1.29, 1.82) is 0 Å². The van der Waals surface area contributed by atoms with Gasteiger partial charge in [0.1, 0.15) is 5.52 Å².